The van der Waals surface area contributed by atoms with Gasteiger partial charge in [0.05, 0.1) is 23.3 Å². The van der Waals surface area contributed by atoms with Crippen molar-refractivity contribution in [1.29, 1.82) is 0 Å². The molecule has 0 spiro atoms. The van der Waals surface area contributed by atoms with Crippen molar-refractivity contribution in [3.8, 4) is 5.75 Å². The molecule has 0 saturated heterocycles. The number of methoxy groups -OCH3 is 1. The average Bonchev–Trinajstić information content (AvgIpc) is 2.54. The highest BCUT2D eigenvalue weighted by Crippen LogP contribution is 2.40. The number of aliphatic hydroxyl groups is 1. The van der Waals surface area contributed by atoms with E-state index in [9.17, 15) is 13.5 Å². The van der Waals surface area contributed by atoms with Gasteiger partial charge in [-0.15, -0.1) is 0 Å². The molecule has 1 N–H and O–H groups in total. The van der Waals surface area contributed by atoms with Crippen molar-refractivity contribution in [3.05, 3.63) is 53.6 Å². The highest BCUT2D eigenvalue weighted by molar-refractivity contribution is 7.92. The molecule has 0 aliphatic carbocycles. The van der Waals surface area contributed by atoms with Crippen LogP contribution in [0, 0.1) is 6.92 Å². The minimum Gasteiger partial charge on any atom is -0.496 e. The van der Waals surface area contributed by atoms with Gasteiger partial charge in [-0.1, -0.05) is 18.2 Å². The Morgan fingerprint density at radius 1 is 1.21 bits per heavy atom. The highest BCUT2D eigenvalue weighted by Gasteiger charge is 2.38. The molecular weight excluding hydrogens is 326 g/mol. The minimum absolute atomic E-state index is 0.220. The molecule has 3 rings (SSSR count). The lowest BCUT2D eigenvalue weighted by Gasteiger charge is -2.38. The van der Waals surface area contributed by atoms with E-state index in [1.807, 2.05) is 6.92 Å². The van der Waals surface area contributed by atoms with Gasteiger partial charge >= 0.3 is 0 Å². The zero-order valence-electron chi connectivity index (χ0n) is 14.0. The van der Waals surface area contributed by atoms with Crippen molar-refractivity contribution in [1.82, 2.24) is 0 Å². The Balaban J connectivity index is 2.10. The fourth-order valence-electron chi connectivity index (χ4n) is 3.11. The molecule has 6 heteroatoms. The largest absolute Gasteiger partial charge is 0.496 e. The van der Waals surface area contributed by atoms with Gasteiger partial charge in [0, 0.05) is 12.1 Å². The maximum Gasteiger partial charge on any atom is 0.264 e. The molecule has 1 heterocycles. The molecule has 0 aromatic heterocycles. The normalized spacial score (nSPS) is 20.6. The Labute approximate surface area is 142 Å². The van der Waals surface area contributed by atoms with Gasteiger partial charge in [0.25, 0.3) is 10.0 Å². The molecule has 2 aromatic rings. The third-order valence-corrected chi connectivity index (χ3v) is 6.32. The summed E-state index contributed by atoms with van der Waals surface area (Å²) in [5.74, 6) is 0.649. The molecule has 1 unspecified atom stereocenters. The van der Waals surface area contributed by atoms with E-state index in [4.69, 9.17) is 4.74 Å². The molecule has 2 aromatic carbocycles. The number of hydrogen-bond donors (Lipinski definition) is 1. The highest BCUT2D eigenvalue weighted by atomic mass is 32.2. The lowest BCUT2D eigenvalue weighted by atomic mass is 9.88. The standard InChI is InChI=1S/C18H21NO4S/c1-13-12-14(8-9-17(13)23-3)24(21,22)19-11-10-18(2,20)15-6-4-5-7-16(15)19/h4-9,12,20H,10-11H2,1-3H3. The fraction of sp³-hybridized carbons (Fsp3) is 0.333. The summed E-state index contributed by atoms with van der Waals surface area (Å²) in [6.07, 6.45) is 0.346. The molecule has 1 atom stereocenters. The SMILES string of the molecule is COc1ccc(S(=O)(=O)N2CCC(C)(O)c3ccccc32)cc1C. The number of ether oxygens (including phenoxy) is 1. The second-order valence-electron chi connectivity index (χ2n) is 6.25. The van der Waals surface area contributed by atoms with Crippen LogP contribution in [0.15, 0.2) is 47.4 Å². The minimum atomic E-state index is -3.71. The maximum absolute atomic E-state index is 13.1. The van der Waals surface area contributed by atoms with Gasteiger partial charge in [-0.3, -0.25) is 4.31 Å². The van der Waals surface area contributed by atoms with Crippen molar-refractivity contribution >= 4 is 15.7 Å². The quantitative estimate of drug-likeness (QED) is 0.927. The Morgan fingerprint density at radius 2 is 1.92 bits per heavy atom. The fourth-order valence-corrected chi connectivity index (χ4v) is 4.68. The first-order chi connectivity index (χ1) is 11.3. The molecule has 0 amide bonds. The van der Waals surface area contributed by atoms with E-state index < -0.39 is 15.6 Å². The average molecular weight is 347 g/mol. The van der Waals surface area contributed by atoms with Crippen LogP contribution in [-0.4, -0.2) is 27.2 Å². The topological polar surface area (TPSA) is 66.8 Å². The summed E-state index contributed by atoms with van der Waals surface area (Å²) in [5.41, 5.74) is 0.890. The van der Waals surface area contributed by atoms with E-state index in [0.717, 1.165) is 5.56 Å². The number of nitrogens with zero attached hydrogens (tertiary/aromatic N) is 1. The Morgan fingerprint density at radius 3 is 2.58 bits per heavy atom. The third-order valence-electron chi connectivity index (χ3n) is 4.51. The number of rotatable bonds is 3. The van der Waals surface area contributed by atoms with Gasteiger partial charge in [0.15, 0.2) is 0 Å². The maximum atomic E-state index is 13.1. The predicted octanol–water partition coefficient (Wildman–Crippen LogP) is 2.81. The van der Waals surface area contributed by atoms with Crippen LogP contribution >= 0.6 is 0 Å². The molecule has 1 aliphatic rings. The Bertz CT molecular complexity index is 874. The van der Waals surface area contributed by atoms with Gasteiger partial charge in [0.2, 0.25) is 0 Å². The van der Waals surface area contributed by atoms with Crippen LogP contribution in [0.4, 0.5) is 5.69 Å². The summed E-state index contributed by atoms with van der Waals surface area (Å²) >= 11 is 0. The van der Waals surface area contributed by atoms with Crippen LogP contribution in [0.3, 0.4) is 0 Å². The van der Waals surface area contributed by atoms with Gasteiger partial charge in [-0.05, 0) is 50.1 Å². The summed E-state index contributed by atoms with van der Waals surface area (Å²) < 4.78 is 32.8. The summed E-state index contributed by atoms with van der Waals surface area (Å²) in [6.45, 7) is 3.76. The van der Waals surface area contributed by atoms with Gasteiger partial charge < -0.3 is 9.84 Å². The molecule has 128 valence electrons. The molecule has 0 saturated carbocycles. The monoisotopic (exact) mass is 347 g/mol. The van der Waals surface area contributed by atoms with Crippen LogP contribution in [0.25, 0.3) is 0 Å². The number of sulfonamides is 1. The van der Waals surface area contributed by atoms with E-state index >= 15 is 0 Å². The summed E-state index contributed by atoms with van der Waals surface area (Å²) in [6, 6.07) is 11.9. The Kier molecular flexibility index (Phi) is 4.05. The van der Waals surface area contributed by atoms with Crippen molar-refractivity contribution < 1.29 is 18.3 Å². The van der Waals surface area contributed by atoms with Gasteiger partial charge in [0.1, 0.15) is 5.75 Å². The molecular formula is C18H21NO4S. The van der Waals surface area contributed by atoms with Crippen LogP contribution in [0.1, 0.15) is 24.5 Å². The summed E-state index contributed by atoms with van der Waals surface area (Å²) in [5, 5.41) is 10.6. The van der Waals surface area contributed by atoms with E-state index in [-0.39, 0.29) is 11.4 Å². The molecule has 0 bridgehead atoms. The lowest BCUT2D eigenvalue weighted by molar-refractivity contribution is 0.0472. The van der Waals surface area contributed by atoms with Gasteiger partial charge in [-0.25, -0.2) is 8.42 Å². The first kappa shape index (κ1) is 16.8. The first-order valence-electron chi connectivity index (χ1n) is 7.76. The molecule has 5 nitrogen and oxygen atoms in total. The number of aryl methyl sites for hydroxylation is 1. The number of para-hydroxylation sites is 1. The second-order valence-corrected chi connectivity index (χ2v) is 8.11. The summed E-state index contributed by atoms with van der Waals surface area (Å²) in [4.78, 5) is 0.220. The van der Waals surface area contributed by atoms with Crippen molar-refractivity contribution in [2.45, 2.75) is 30.8 Å². The predicted molar refractivity (Wildman–Crippen MR) is 92.9 cm³/mol. The van der Waals surface area contributed by atoms with E-state index in [1.54, 1.807) is 56.5 Å². The smallest absolute Gasteiger partial charge is 0.264 e. The van der Waals surface area contributed by atoms with Crippen LogP contribution in [-0.2, 0) is 15.6 Å². The van der Waals surface area contributed by atoms with Crippen molar-refractivity contribution in [2.24, 2.45) is 0 Å². The second kappa shape index (κ2) is 5.79. The van der Waals surface area contributed by atoms with Crippen LogP contribution in [0.2, 0.25) is 0 Å². The van der Waals surface area contributed by atoms with Crippen molar-refractivity contribution in [3.63, 3.8) is 0 Å². The van der Waals surface area contributed by atoms with E-state index in [0.29, 0.717) is 23.4 Å². The van der Waals surface area contributed by atoms with Gasteiger partial charge in [-0.2, -0.15) is 0 Å². The molecule has 24 heavy (non-hydrogen) atoms. The third kappa shape index (κ3) is 2.65. The Hall–Kier alpha value is -2.05. The zero-order chi connectivity index (χ0) is 17.5. The summed E-state index contributed by atoms with van der Waals surface area (Å²) in [7, 11) is -2.15. The first-order valence-corrected chi connectivity index (χ1v) is 9.20. The van der Waals surface area contributed by atoms with E-state index in [2.05, 4.69) is 0 Å². The molecule has 1 aliphatic heterocycles. The number of fused-ring (bicyclic) bond motifs is 1. The molecule has 0 radical (unpaired) electrons. The zero-order valence-corrected chi connectivity index (χ0v) is 14.8. The number of benzene rings is 2. The van der Waals surface area contributed by atoms with Crippen LogP contribution in [0.5, 0.6) is 5.75 Å². The van der Waals surface area contributed by atoms with E-state index in [1.165, 1.54) is 4.31 Å². The molecule has 0 fully saturated rings. The van der Waals surface area contributed by atoms with Crippen molar-refractivity contribution in [2.75, 3.05) is 18.0 Å². The van der Waals surface area contributed by atoms with Crippen LogP contribution < -0.4 is 9.04 Å². The number of anilines is 1. The lowest BCUT2D eigenvalue weighted by Crippen LogP contribution is -2.42. The number of hydrogen-bond acceptors (Lipinski definition) is 4.